The van der Waals surface area contributed by atoms with Crippen molar-refractivity contribution in [3.8, 4) is 0 Å². The molecule has 0 unspecified atom stereocenters. The van der Waals surface area contributed by atoms with Gasteiger partial charge in [0, 0.05) is 58.1 Å². The molecule has 6 nitrogen and oxygen atoms in total. The Morgan fingerprint density at radius 2 is 1.83 bits per heavy atom. The van der Waals surface area contributed by atoms with Crippen LogP contribution in [-0.4, -0.2) is 69.9 Å². The summed E-state index contributed by atoms with van der Waals surface area (Å²) in [5.41, 5.74) is 2.52. The highest BCUT2D eigenvalue weighted by molar-refractivity contribution is 14.0. The van der Waals surface area contributed by atoms with Gasteiger partial charge in [-0.25, -0.2) is 4.99 Å². The molecule has 2 heterocycles. The number of rotatable bonds is 8. The van der Waals surface area contributed by atoms with Crippen LogP contribution >= 0.6 is 24.0 Å². The number of guanidine groups is 1. The fourth-order valence-corrected chi connectivity index (χ4v) is 3.71. The van der Waals surface area contributed by atoms with Gasteiger partial charge in [-0.15, -0.1) is 24.0 Å². The Kier molecular flexibility index (Phi) is 10.8. The molecule has 29 heavy (non-hydrogen) atoms. The number of nitrogens with zero attached hydrogens (tertiary/aromatic N) is 3. The molecule has 0 bridgehead atoms. The summed E-state index contributed by atoms with van der Waals surface area (Å²) in [6, 6.07) is 9.27. The van der Waals surface area contributed by atoms with Gasteiger partial charge in [-0.1, -0.05) is 24.3 Å². The van der Waals surface area contributed by atoms with Gasteiger partial charge >= 0.3 is 0 Å². The van der Waals surface area contributed by atoms with Crippen LogP contribution in [0.4, 0.5) is 5.69 Å². The monoisotopic (exact) mass is 513 g/mol. The van der Waals surface area contributed by atoms with E-state index in [-0.39, 0.29) is 24.0 Å². The molecule has 1 saturated heterocycles. The molecule has 7 heteroatoms. The number of halogens is 1. The Balaban J connectivity index is 0.00000300. The molecule has 0 aromatic heterocycles. The van der Waals surface area contributed by atoms with Crippen molar-refractivity contribution < 1.29 is 4.74 Å². The second kappa shape index (κ2) is 13.1. The van der Waals surface area contributed by atoms with Crippen LogP contribution in [0, 0.1) is 0 Å². The Morgan fingerprint density at radius 3 is 2.45 bits per heavy atom. The van der Waals surface area contributed by atoms with E-state index in [1.807, 2.05) is 0 Å². The Labute approximate surface area is 192 Å². The minimum atomic E-state index is 0. The minimum absolute atomic E-state index is 0. The molecule has 0 amide bonds. The first-order valence-corrected chi connectivity index (χ1v) is 10.5. The fraction of sp³-hybridized carbons (Fsp3) is 0.591. The van der Waals surface area contributed by atoms with E-state index in [0.717, 1.165) is 64.7 Å². The van der Waals surface area contributed by atoms with Crippen molar-refractivity contribution in [2.75, 3.05) is 57.9 Å². The Bertz CT molecular complexity index is 633. The molecular formula is C22H36IN5O. The summed E-state index contributed by atoms with van der Waals surface area (Å²) < 4.78 is 5.19. The predicted octanol–water partition coefficient (Wildman–Crippen LogP) is 2.85. The van der Waals surface area contributed by atoms with Crippen molar-refractivity contribution in [3.05, 3.63) is 42.0 Å². The summed E-state index contributed by atoms with van der Waals surface area (Å²) in [6.07, 6.45) is 6.72. The van der Waals surface area contributed by atoms with Crippen molar-refractivity contribution in [2.45, 2.75) is 32.4 Å². The summed E-state index contributed by atoms with van der Waals surface area (Å²) in [6.45, 7) is 9.78. The minimum Gasteiger partial charge on any atom is -0.383 e. The summed E-state index contributed by atoms with van der Waals surface area (Å²) in [7, 11) is 1.77. The molecular weight excluding hydrogens is 477 g/mol. The molecule has 0 saturated carbocycles. The SMILES string of the molecule is CCNC(=NCc1ccc(N2CC=CC2)cc1)NC1CCN(CCOC)CC1.I. The molecule has 2 aliphatic heterocycles. The lowest BCUT2D eigenvalue weighted by molar-refractivity contribution is 0.128. The first-order valence-electron chi connectivity index (χ1n) is 10.5. The number of benzene rings is 1. The zero-order valence-corrected chi connectivity index (χ0v) is 20.1. The first kappa shape index (κ1) is 24.0. The van der Waals surface area contributed by atoms with E-state index in [9.17, 15) is 0 Å². The number of hydrogen-bond acceptors (Lipinski definition) is 4. The molecule has 3 rings (SSSR count). The topological polar surface area (TPSA) is 52.1 Å². The highest BCUT2D eigenvalue weighted by Crippen LogP contribution is 2.18. The average Bonchev–Trinajstić information content (AvgIpc) is 3.27. The highest BCUT2D eigenvalue weighted by Gasteiger charge is 2.19. The van der Waals surface area contributed by atoms with E-state index >= 15 is 0 Å². The average molecular weight is 513 g/mol. The Hall–Kier alpha value is -1.32. The molecule has 2 N–H and O–H groups in total. The van der Waals surface area contributed by atoms with E-state index in [2.05, 4.69) is 63.8 Å². The molecule has 1 aromatic rings. The standard InChI is InChI=1S/C22H35N5O.HI/c1-3-23-22(25-20-10-14-26(15-11-20)16-17-28-2)24-18-19-6-8-21(9-7-19)27-12-4-5-13-27;/h4-9,20H,3,10-18H2,1-2H3,(H2,23,24,25);1H. The van der Waals surface area contributed by atoms with Crippen LogP contribution in [-0.2, 0) is 11.3 Å². The maximum absolute atomic E-state index is 5.19. The molecule has 1 fully saturated rings. The number of ether oxygens (including phenoxy) is 1. The van der Waals surface area contributed by atoms with Crippen LogP contribution in [0.3, 0.4) is 0 Å². The van der Waals surface area contributed by atoms with Crippen molar-refractivity contribution >= 4 is 35.6 Å². The maximum atomic E-state index is 5.19. The number of anilines is 1. The van der Waals surface area contributed by atoms with Gasteiger partial charge in [0.1, 0.15) is 0 Å². The van der Waals surface area contributed by atoms with Crippen molar-refractivity contribution in [1.82, 2.24) is 15.5 Å². The quantitative estimate of drug-likeness (QED) is 0.243. The number of methoxy groups -OCH3 is 1. The van der Waals surface area contributed by atoms with Gasteiger partial charge < -0.3 is 25.2 Å². The zero-order chi connectivity index (χ0) is 19.6. The van der Waals surface area contributed by atoms with Gasteiger partial charge in [-0.2, -0.15) is 0 Å². The third-order valence-corrected chi connectivity index (χ3v) is 5.42. The molecule has 2 aliphatic rings. The van der Waals surface area contributed by atoms with E-state index < -0.39 is 0 Å². The third-order valence-electron chi connectivity index (χ3n) is 5.42. The predicted molar refractivity (Wildman–Crippen MR) is 132 cm³/mol. The molecule has 0 aliphatic carbocycles. The molecule has 0 radical (unpaired) electrons. The van der Waals surface area contributed by atoms with Crippen molar-refractivity contribution in [1.29, 1.82) is 0 Å². The molecule has 1 aromatic carbocycles. The van der Waals surface area contributed by atoms with Gasteiger partial charge in [-0.05, 0) is 37.5 Å². The summed E-state index contributed by atoms with van der Waals surface area (Å²) in [5, 5.41) is 7.01. The lowest BCUT2D eigenvalue weighted by Gasteiger charge is -2.32. The normalized spacial score (nSPS) is 18.0. The van der Waals surface area contributed by atoms with Crippen LogP contribution in [0.25, 0.3) is 0 Å². The van der Waals surface area contributed by atoms with E-state index in [4.69, 9.17) is 9.73 Å². The van der Waals surface area contributed by atoms with Crippen LogP contribution in [0.2, 0.25) is 0 Å². The second-order valence-corrected chi connectivity index (χ2v) is 7.49. The van der Waals surface area contributed by atoms with Crippen LogP contribution < -0.4 is 15.5 Å². The lowest BCUT2D eigenvalue weighted by Crippen LogP contribution is -2.49. The van der Waals surface area contributed by atoms with Crippen molar-refractivity contribution in [3.63, 3.8) is 0 Å². The number of piperidine rings is 1. The molecule has 0 spiro atoms. The van der Waals surface area contributed by atoms with Gasteiger partial charge in [0.2, 0.25) is 0 Å². The van der Waals surface area contributed by atoms with Gasteiger partial charge in [0.25, 0.3) is 0 Å². The molecule has 0 atom stereocenters. The maximum Gasteiger partial charge on any atom is 0.191 e. The van der Waals surface area contributed by atoms with Crippen molar-refractivity contribution in [2.24, 2.45) is 4.99 Å². The van der Waals surface area contributed by atoms with E-state index in [1.165, 1.54) is 11.3 Å². The zero-order valence-electron chi connectivity index (χ0n) is 17.8. The summed E-state index contributed by atoms with van der Waals surface area (Å²) in [5.74, 6) is 0.922. The summed E-state index contributed by atoms with van der Waals surface area (Å²) >= 11 is 0. The smallest absolute Gasteiger partial charge is 0.191 e. The van der Waals surface area contributed by atoms with E-state index in [1.54, 1.807) is 7.11 Å². The largest absolute Gasteiger partial charge is 0.383 e. The van der Waals surface area contributed by atoms with E-state index in [0.29, 0.717) is 12.6 Å². The van der Waals surface area contributed by atoms with Gasteiger partial charge in [0.15, 0.2) is 5.96 Å². The lowest BCUT2D eigenvalue weighted by atomic mass is 10.1. The molecule has 162 valence electrons. The van der Waals surface area contributed by atoms with Crippen LogP contribution in [0.15, 0.2) is 41.4 Å². The number of nitrogens with one attached hydrogen (secondary N) is 2. The Morgan fingerprint density at radius 1 is 1.14 bits per heavy atom. The van der Waals surface area contributed by atoms with Crippen LogP contribution in [0.1, 0.15) is 25.3 Å². The van der Waals surface area contributed by atoms with Crippen LogP contribution in [0.5, 0.6) is 0 Å². The highest BCUT2D eigenvalue weighted by atomic mass is 127. The van der Waals surface area contributed by atoms with Gasteiger partial charge in [-0.3, -0.25) is 0 Å². The first-order chi connectivity index (χ1) is 13.8. The number of aliphatic imine (C=N–C) groups is 1. The third kappa shape index (κ3) is 7.79. The fourth-order valence-electron chi connectivity index (χ4n) is 3.71. The van der Waals surface area contributed by atoms with Gasteiger partial charge in [0.05, 0.1) is 13.2 Å². The summed E-state index contributed by atoms with van der Waals surface area (Å²) in [4.78, 5) is 9.64. The number of hydrogen-bond donors (Lipinski definition) is 2. The number of likely N-dealkylation sites (tertiary alicyclic amines) is 1. The second-order valence-electron chi connectivity index (χ2n) is 7.49.